The van der Waals surface area contributed by atoms with Crippen LogP contribution in [0.2, 0.25) is 0 Å². The Morgan fingerprint density at radius 2 is 1.95 bits per heavy atom. The zero-order valence-corrected chi connectivity index (χ0v) is 12.4. The molecular formula is C16H23N3O2. The van der Waals surface area contributed by atoms with E-state index in [1.165, 1.54) is 0 Å². The van der Waals surface area contributed by atoms with E-state index in [0.717, 1.165) is 25.7 Å². The molecule has 0 aromatic heterocycles. The molecule has 0 spiro atoms. The first-order valence-corrected chi connectivity index (χ1v) is 7.57. The lowest BCUT2D eigenvalue weighted by Gasteiger charge is -2.13. The summed E-state index contributed by atoms with van der Waals surface area (Å²) in [6.45, 7) is 2.07. The zero-order chi connectivity index (χ0) is 15.2. The van der Waals surface area contributed by atoms with Crippen LogP contribution in [-0.2, 0) is 9.59 Å². The topological polar surface area (TPSA) is 84.2 Å². The van der Waals surface area contributed by atoms with E-state index in [1.54, 1.807) is 18.2 Å². The lowest BCUT2D eigenvalue weighted by molar-refractivity contribution is -0.118. The minimum atomic E-state index is -0.491. The van der Waals surface area contributed by atoms with Gasteiger partial charge in [-0.25, -0.2) is 0 Å². The molecule has 1 saturated carbocycles. The summed E-state index contributed by atoms with van der Waals surface area (Å²) >= 11 is 0. The Bertz CT molecular complexity index is 512. The second kappa shape index (κ2) is 7.22. The van der Waals surface area contributed by atoms with Gasteiger partial charge in [0.1, 0.15) is 0 Å². The third-order valence-corrected chi connectivity index (χ3v) is 3.55. The lowest BCUT2D eigenvalue weighted by Crippen LogP contribution is -2.35. The number of nitrogens with two attached hydrogens (primary N) is 1. The molecule has 1 aromatic carbocycles. The van der Waals surface area contributed by atoms with Gasteiger partial charge in [-0.15, -0.1) is 0 Å². The van der Waals surface area contributed by atoms with Crippen molar-refractivity contribution in [2.24, 2.45) is 11.7 Å². The van der Waals surface area contributed by atoms with E-state index >= 15 is 0 Å². The Labute approximate surface area is 125 Å². The maximum absolute atomic E-state index is 11.9. The average Bonchev–Trinajstić information content (AvgIpc) is 3.29. The molecule has 1 aromatic rings. The largest absolute Gasteiger partial charge is 0.326 e. The molecule has 1 unspecified atom stereocenters. The van der Waals surface area contributed by atoms with E-state index in [4.69, 9.17) is 5.73 Å². The molecule has 0 heterocycles. The van der Waals surface area contributed by atoms with Crippen molar-refractivity contribution in [2.75, 3.05) is 10.6 Å². The Balaban J connectivity index is 1.90. The molecule has 1 aliphatic carbocycles. The molecule has 1 fully saturated rings. The lowest BCUT2D eigenvalue weighted by atomic mass is 10.1. The van der Waals surface area contributed by atoms with Crippen molar-refractivity contribution in [1.29, 1.82) is 0 Å². The van der Waals surface area contributed by atoms with Crippen LogP contribution in [-0.4, -0.2) is 17.9 Å². The van der Waals surface area contributed by atoms with Gasteiger partial charge in [0.15, 0.2) is 0 Å². The predicted molar refractivity (Wildman–Crippen MR) is 83.9 cm³/mol. The van der Waals surface area contributed by atoms with Gasteiger partial charge in [-0.3, -0.25) is 9.59 Å². The van der Waals surface area contributed by atoms with Gasteiger partial charge in [-0.05, 0) is 37.5 Å². The number of rotatable bonds is 7. The fourth-order valence-electron chi connectivity index (χ4n) is 2.05. The summed E-state index contributed by atoms with van der Waals surface area (Å²) in [6.07, 6.45) is 4.57. The molecule has 114 valence electrons. The highest BCUT2D eigenvalue weighted by molar-refractivity contribution is 5.97. The third-order valence-electron chi connectivity index (χ3n) is 3.55. The molecule has 1 aliphatic rings. The van der Waals surface area contributed by atoms with Crippen LogP contribution in [0.1, 0.15) is 39.0 Å². The summed E-state index contributed by atoms with van der Waals surface area (Å²) in [5.41, 5.74) is 7.19. The van der Waals surface area contributed by atoms with Crippen LogP contribution in [0.3, 0.4) is 0 Å². The molecule has 1 atom stereocenters. The number of carbonyl (C=O) groups is 2. The van der Waals surface area contributed by atoms with E-state index in [9.17, 15) is 9.59 Å². The monoisotopic (exact) mass is 289 g/mol. The second-order valence-electron chi connectivity index (χ2n) is 5.58. The highest BCUT2D eigenvalue weighted by atomic mass is 16.2. The van der Waals surface area contributed by atoms with Gasteiger partial charge in [0.2, 0.25) is 11.8 Å². The molecule has 0 bridgehead atoms. The number of amides is 2. The number of anilines is 2. The van der Waals surface area contributed by atoms with Crippen LogP contribution in [0.25, 0.3) is 0 Å². The number of carbonyl (C=O) groups excluding carboxylic acids is 2. The molecule has 5 nitrogen and oxygen atoms in total. The fourth-order valence-corrected chi connectivity index (χ4v) is 2.05. The van der Waals surface area contributed by atoms with E-state index < -0.39 is 6.04 Å². The highest BCUT2D eigenvalue weighted by Crippen LogP contribution is 2.30. The smallest absolute Gasteiger partial charge is 0.241 e. The molecule has 0 aliphatic heterocycles. The Morgan fingerprint density at radius 1 is 1.29 bits per heavy atom. The first-order valence-electron chi connectivity index (χ1n) is 7.57. The van der Waals surface area contributed by atoms with E-state index in [1.807, 2.05) is 6.07 Å². The quantitative estimate of drug-likeness (QED) is 0.721. The molecule has 21 heavy (non-hydrogen) atoms. The Morgan fingerprint density at radius 3 is 2.57 bits per heavy atom. The summed E-state index contributed by atoms with van der Waals surface area (Å²) in [5, 5.41) is 5.65. The van der Waals surface area contributed by atoms with Crippen molar-refractivity contribution in [3.05, 3.63) is 24.3 Å². The van der Waals surface area contributed by atoms with Crippen LogP contribution in [0, 0.1) is 5.92 Å². The van der Waals surface area contributed by atoms with E-state index in [0.29, 0.717) is 17.8 Å². The van der Waals surface area contributed by atoms with Gasteiger partial charge < -0.3 is 16.4 Å². The van der Waals surface area contributed by atoms with E-state index in [-0.39, 0.29) is 17.7 Å². The maximum atomic E-state index is 11.9. The van der Waals surface area contributed by atoms with E-state index in [2.05, 4.69) is 17.6 Å². The van der Waals surface area contributed by atoms with Crippen molar-refractivity contribution >= 4 is 23.2 Å². The second-order valence-corrected chi connectivity index (χ2v) is 5.58. The van der Waals surface area contributed by atoms with Gasteiger partial charge in [-0.2, -0.15) is 0 Å². The summed E-state index contributed by atoms with van der Waals surface area (Å²) in [6, 6.07) is 6.67. The Hall–Kier alpha value is -1.88. The van der Waals surface area contributed by atoms with Crippen molar-refractivity contribution in [1.82, 2.24) is 0 Å². The Kier molecular flexibility index (Phi) is 5.33. The normalized spacial score (nSPS) is 15.3. The van der Waals surface area contributed by atoms with Crippen molar-refractivity contribution in [3.8, 4) is 0 Å². The van der Waals surface area contributed by atoms with Crippen LogP contribution in [0.15, 0.2) is 24.3 Å². The summed E-state index contributed by atoms with van der Waals surface area (Å²) in [5.74, 6) is 0.0259. The van der Waals surface area contributed by atoms with Crippen molar-refractivity contribution in [3.63, 3.8) is 0 Å². The summed E-state index contributed by atoms with van der Waals surface area (Å²) in [7, 11) is 0. The molecule has 2 amide bonds. The van der Waals surface area contributed by atoms with Gasteiger partial charge >= 0.3 is 0 Å². The minimum absolute atomic E-state index is 0.0538. The SMILES string of the molecule is CCCCC(N)C(=O)Nc1cccc(NC(=O)C2CC2)c1. The number of benzene rings is 1. The van der Waals surface area contributed by atoms with Crippen LogP contribution in [0.4, 0.5) is 11.4 Å². The fraction of sp³-hybridized carbons (Fsp3) is 0.500. The van der Waals surface area contributed by atoms with Gasteiger partial charge in [0.25, 0.3) is 0 Å². The highest BCUT2D eigenvalue weighted by Gasteiger charge is 2.29. The average molecular weight is 289 g/mol. The van der Waals surface area contributed by atoms with Crippen LogP contribution < -0.4 is 16.4 Å². The number of hydrogen-bond donors (Lipinski definition) is 3. The maximum Gasteiger partial charge on any atom is 0.241 e. The first kappa shape index (κ1) is 15.5. The number of nitrogens with one attached hydrogen (secondary N) is 2. The van der Waals surface area contributed by atoms with Gasteiger partial charge in [0, 0.05) is 17.3 Å². The molecule has 2 rings (SSSR count). The van der Waals surface area contributed by atoms with Crippen LogP contribution >= 0.6 is 0 Å². The standard InChI is InChI=1S/C16H23N3O2/c1-2-3-7-14(17)16(21)19-13-6-4-5-12(10-13)18-15(20)11-8-9-11/h4-6,10-11,14H,2-3,7-9,17H2,1H3,(H,18,20)(H,19,21). The first-order chi connectivity index (χ1) is 10.1. The minimum Gasteiger partial charge on any atom is -0.326 e. The number of hydrogen-bond acceptors (Lipinski definition) is 3. The molecule has 0 saturated heterocycles. The van der Waals surface area contributed by atoms with Crippen molar-refractivity contribution in [2.45, 2.75) is 45.1 Å². The third kappa shape index (κ3) is 4.86. The van der Waals surface area contributed by atoms with Crippen LogP contribution in [0.5, 0.6) is 0 Å². The predicted octanol–water partition coefficient (Wildman–Crippen LogP) is 2.49. The molecule has 0 radical (unpaired) electrons. The number of unbranched alkanes of at least 4 members (excludes halogenated alkanes) is 1. The molecule has 4 N–H and O–H groups in total. The van der Waals surface area contributed by atoms with Gasteiger partial charge in [-0.1, -0.05) is 25.8 Å². The van der Waals surface area contributed by atoms with Crippen molar-refractivity contribution < 1.29 is 9.59 Å². The molecular weight excluding hydrogens is 266 g/mol. The summed E-state index contributed by atoms with van der Waals surface area (Å²) in [4.78, 5) is 23.7. The zero-order valence-electron chi connectivity index (χ0n) is 12.4. The molecule has 5 heteroatoms. The summed E-state index contributed by atoms with van der Waals surface area (Å²) < 4.78 is 0. The van der Waals surface area contributed by atoms with Gasteiger partial charge in [0.05, 0.1) is 6.04 Å².